The molecule has 0 N–H and O–H groups in total. The second kappa shape index (κ2) is 11.5. The molecule has 0 bridgehead atoms. The lowest BCUT2D eigenvalue weighted by molar-refractivity contribution is 0.636. The molecule has 0 nitrogen and oxygen atoms in total. The smallest absolute Gasteiger partial charge is 0.0720 e. The lowest BCUT2D eigenvalue weighted by Crippen LogP contribution is -2.43. The Balaban J connectivity index is 1.06. The molecule has 1 heteroatoms. The molecular weight excluding hydrogens is 681 g/mol. The van der Waals surface area contributed by atoms with Crippen LogP contribution in [-0.4, -0.2) is 0 Å². The molecule has 0 saturated heterocycles. The van der Waals surface area contributed by atoms with Crippen molar-refractivity contribution in [3.05, 3.63) is 251 Å². The minimum atomic E-state index is -0.466. The summed E-state index contributed by atoms with van der Waals surface area (Å²) < 4.78 is 0. The molecule has 0 radical (unpaired) electrons. The van der Waals surface area contributed by atoms with Crippen molar-refractivity contribution in [2.24, 2.45) is 0 Å². The Morgan fingerprint density at radius 3 is 1.45 bits per heavy atom. The largest absolute Gasteiger partial charge is 0.135 e. The quantitative estimate of drug-likeness (QED) is 0.170. The van der Waals surface area contributed by atoms with Gasteiger partial charge in [-0.1, -0.05) is 188 Å². The lowest BCUT2D eigenvalue weighted by Gasteiger charge is -2.48. The fraction of sp³-hybridized carbons (Fsp3) is 0.0370. The molecule has 3 aliphatic rings. The van der Waals surface area contributed by atoms with Crippen LogP contribution >= 0.6 is 11.3 Å². The van der Waals surface area contributed by atoms with E-state index < -0.39 is 10.8 Å². The average molecular weight is 715 g/mol. The average Bonchev–Trinajstić information content (AvgIpc) is 3.96. The van der Waals surface area contributed by atoms with Crippen LogP contribution in [0.5, 0.6) is 0 Å². The molecular formula is C54H34S. The maximum atomic E-state index is 2.45. The summed E-state index contributed by atoms with van der Waals surface area (Å²) in [6.07, 6.45) is 0. The monoisotopic (exact) mass is 714 g/mol. The number of thiophene rings is 1. The van der Waals surface area contributed by atoms with Crippen LogP contribution in [0, 0.1) is 0 Å². The Kier molecular flexibility index (Phi) is 6.44. The van der Waals surface area contributed by atoms with Crippen molar-refractivity contribution in [2.75, 3.05) is 0 Å². The molecule has 1 spiro atoms. The molecule has 0 amide bonds. The summed E-state index contributed by atoms with van der Waals surface area (Å²) in [7, 11) is 0. The van der Waals surface area contributed by atoms with Crippen molar-refractivity contribution < 1.29 is 0 Å². The lowest BCUT2D eigenvalue weighted by atomic mass is 9.52. The van der Waals surface area contributed by atoms with Gasteiger partial charge in [-0.3, -0.25) is 0 Å². The Bertz CT molecular complexity index is 2970. The van der Waals surface area contributed by atoms with Gasteiger partial charge in [0.15, 0.2) is 0 Å². The molecule has 256 valence electrons. The minimum absolute atomic E-state index is 0.421. The van der Waals surface area contributed by atoms with Gasteiger partial charge in [-0.05, 0) is 107 Å². The fourth-order valence-corrected chi connectivity index (χ4v) is 11.5. The summed E-state index contributed by atoms with van der Waals surface area (Å²) in [5.41, 5.74) is 20.4. The van der Waals surface area contributed by atoms with Crippen LogP contribution in [-0.2, 0) is 10.8 Å². The SMILES string of the molecule is c1ccc(-c2ccc(-c3ccc(-c4ccc5c(c4)-c4ccccc4C54c5ccccc5C5(c6ccccc6)c6ccccc6-c6cccc4c65)cc3)s2)cc1. The molecule has 0 fully saturated rings. The molecule has 0 saturated carbocycles. The van der Waals surface area contributed by atoms with Gasteiger partial charge >= 0.3 is 0 Å². The number of benzene rings is 8. The molecule has 9 aromatic rings. The third-order valence-electron chi connectivity index (χ3n) is 12.6. The van der Waals surface area contributed by atoms with Crippen LogP contribution in [0.15, 0.2) is 206 Å². The van der Waals surface area contributed by atoms with E-state index in [4.69, 9.17) is 0 Å². The maximum absolute atomic E-state index is 2.45. The zero-order valence-electron chi connectivity index (χ0n) is 30.0. The summed E-state index contributed by atoms with van der Waals surface area (Å²) in [4.78, 5) is 2.58. The van der Waals surface area contributed by atoms with E-state index in [-0.39, 0.29) is 0 Å². The van der Waals surface area contributed by atoms with Crippen LogP contribution < -0.4 is 0 Å². The topological polar surface area (TPSA) is 0 Å². The van der Waals surface area contributed by atoms with Crippen molar-refractivity contribution >= 4 is 11.3 Å². The van der Waals surface area contributed by atoms with E-state index in [1.54, 1.807) is 0 Å². The molecule has 2 atom stereocenters. The first kappa shape index (κ1) is 30.9. The highest BCUT2D eigenvalue weighted by molar-refractivity contribution is 7.18. The highest BCUT2D eigenvalue weighted by Gasteiger charge is 2.59. The van der Waals surface area contributed by atoms with E-state index in [2.05, 4.69) is 206 Å². The van der Waals surface area contributed by atoms with Gasteiger partial charge in [0, 0.05) is 9.75 Å². The zero-order valence-corrected chi connectivity index (χ0v) is 30.9. The molecule has 1 aromatic heterocycles. The fourth-order valence-electron chi connectivity index (χ4n) is 10.5. The Morgan fingerprint density at radius 2 is 0.745 bits per heavy atom. The minimum Gasteiger partial charge on any atom is -0.135 e. The van der Waals surface area contributed by atoms with Gasteiger partial charge in [0.2, 0.25) is 0 Å². The van der Waals surface area contributed by atoms with Gasteiger partial charge in [0.05, 0.1) is 10.8 Å². The molecule has 3 aliphatic carbocycles. The summed E-state index contributed by atoms with van der Waals surface area (Å²) in [5, 5.41) is 0. The first-order valence-corrected chi connectivity index (χ1v) is 20.0. The summed E-state index contributed by atoms with van der Waals surface area (Å²) in [6, 6.07) is 77.5. The number of rotatable bonds is 4. The van der Waals surface area contributed by atoms with Gasteiger partial charge < -0.3 is 0 Å². The molecule has 55 heavy (non-hydrogen) atoms. The highest BCUT2D eigenvalue weighted by atomic mass is 32.1. The van der Waals surface area contributed by atoms with Crippen molar-refractivity contribution in [3.8, 4) is 54.3 Å². The maximum Gasteiger partial charge on any atom is 0.0720 e. The summed E-state index contributed by atoms with van der Waals surface area (Å²) >= 11 is 1.85. The van der Waals surface area contributed by atoms with Gasteiger partial charge in [-0.25, -0.2) is 0 Å². The second-order valence-corrected chi connectivity index (χ2v) is 16.2. The van der Waals surface area contributed by atoms with Crippen LogP contribution in [0.4, 0.5) is 0 Å². The van der Waals surface area contributed by atoms with E-state index in [0.29, 0.717) is 0 Å². The molecule has 0 aliphatic heterocycles. The molecule has 12 rings (SSSR count). The summed E-state index contributed by atoms with van der Waals surface area (Å²) in [5.74, 6) is 0. The highest BCUT2D eigenvalue weighted by Crippen LogP contribution is 2.68. The first-order chi connectivity index (χ1) is 27.3. The van der Waals surface area contributed by atoms with E-state index in [9.17, 15) is 0 Å². The van der Waals surface area contributed by atoms with E-state index in [1.165, 1.54) is 98.8 Å². The molecule has 2 unspecified atom stereocenters. The zero-order chi connectivity index (χ0) is 36.1. The Hall–Kier alpha value is -6.54. The Morgan fingerprint density at radius 1 is 0.273 bits per heavy atom. The van der Waals surface area contributed by atoms with E-state index >= 15 is 0 Å². The normalized spacial score (nSPS) is 18.0. The van der Waals surface area contributed by atoms with E-state index in [0.717, 1.165) is 0 Å². The van der Waals surface area contributed by atoms with Crippen LogP contribution in [0.1, 0.15) is 44.5 Å². The number of hydrogen-bond donors (Lipinski definition) is 0. The first-order valence-electron chi connectivity index (χ1n) is 19.2. The third kappa shape index (κ3) is 4.01. The predicted molar refractivity (Wildman–Crippen MR) is 229 cm³/mol. The summed E-state index contributed by atoms with van der Waals surface area (Å²) in [6.45, 7) is 0. The van der Waals surface area contributed by atoms with Crippen molar-refractivity contribution in [1.82, 2.24) is 0 Å². The van der Waals surface area contributed by atoms with E-state index in [1.807, 2.05) is 11.3 Å². The standard InChI is InChI=1S/C54H34S/c1-3-14-36(15-4-1)50-32-33-51(55-50)37-28-26-35(27-29-37)38-30-31-46-43(34-38)41-19-8-10-22-45(41)54(46)48-24-12-11-23-47(48)53(39-16-5-2-6-17-39)44-21-9-7-18-40(44)42-20-13-25-49(54)52(42)53/h1-34H. The van der Waals surface area contributed by atoms with Gasteiger partial charge in [0.1, 0.15) is 0 Å². The number of fused-ring (bicyclic) bond motifs is 12. The van der Waals surface area contributed by atoms with Crippen molar-refractivity contribution in [3.63, 3.8) is 0 Å². The van der Waals surface area contributed by atoms with Gasteiger partial charge in [-0.15, -0.1) is 11.3 Å². The van der Waals surface area contributed by atoms with Crippen molar-refractivity contribution in [2.45, 2.75) is 10.8 Å². The van der Waals surface area contributed by atoms with Gasteiger partial charge in [0.25, 0.3) is 0 Å². The van der Waals surface area contributed by atoms with Crippen molar-refractivity contribution in [1.29, 1.82) is 0 Å². The van der Waals surface area contributed by atoms with Crippen LogP contribution in [0.25, 0.3) is 54.3 Å². The molecule has 8 aromatic carbocycles. The second-order valence-electron chi connectivity index (χ2n) is 15.1. The van der Waals surface area contributed by atoms with Crippen LogP contribution in [0.3, 0.4) is 0 Å². The van der Waals surface area contributed by atoms with Crippen LogP contribution in [0.2, 0.25) is 0 Å². The Labute approximate surface area is 325 Å². The third-order valence-corrected chi connectivity index (χ3v) is 13.8. The molecule has 1 heterocycles. The van der Waals surface area contributed by atoms with Gasteiger partial charge in [-0.2, -0.15) is 0 Å². The predicted octanol–water partition coefficient (Wildman–Crippen LogP) is 13.8. The number of hydrogen-bond acceptors (Lipinski definition) is 1.